The summed E-state index contributed by atoms with van der Waals surface area (Å²) < 4.78 is 5.60. The van der Waals surface area contributed by atoms with Gasteiger partial charge in [0.2, 0.25) is 0 Å². The Balaban J connectivity index is 2.07. The minimum absolute atomic E-state index is 0.356. The van der Waals surface area contributed by atoms with Crippen LogP contribution in [-0.2, 0) is 0 Å². The first-order valence-electron chi connectivity index (χ1n) is 4.41. The molecule has 0 atom stereocenters. The van der Waals surface area contributed by atoms with E-state index in [2.05, 4.69) is 4.98 Å². The average Bonchev–Trinajstić information content (AvgIpc) is 2.12. The third-order valence-corrected chi connectivity index (χ3v) is 2.20. The van der Waals surface area contributed by atoms with Gasteiger partial charge < -0.3 is 4.74 Å². The summed E-state index contributed by atoms with van der Waals surface area (Å²) in [5.41, 5.74) is 0.414. The topological polar surface area (TPSA) is 45.9 Å². The van der Waals surface area contributed by atoms with E-state index in [0.29, 0.717) is 11.8 Å². The van der Waals surface area contributed by atoms with E-state index in [1.165, 1.54) is 6.42 Å². The van der Waals surface area contributed by atoms with Gasteiger partial charge in [0.05, 0.1) is 6.10 Å². The number of pyridine rings is 1. The Morgan fingerprint density at radius 3 is 3.00 bits per heavy atom. The molecule has 0 radical (unpaired) electrons. The second-order valence-electron chi connectivity index (χ2n) is 3.16. The predicted octanol–water partition coefficient (Wildman–Crippen LogP) is 1.88. The summed E-state index contributed by atoms with van der Waals surface area (Å²) in [5, 5.41) is 8.60. The van der Waals surface area contributed by atoms with E-state index >= 15 is 0 Å². The molecule has 0 unspecified atom stereocenters. The van der Waals surface area contributed by atoms with Crippen molar-refractivity contribution >= 4 is 0 Å². The van der Waals surface area contributed by atoms with E-state index < -0.39 is 0 Å². The zero-order chi connectivity index (χ0) is 9.10. The number of nitriles is 1. The van der Waals surface area contributed by atoms with Gasteiger partial charge in [-0.15, -0.1) is 0 Å². The van der Waals surface area contributed by atoms with Crippen molar-refractivity contribution in [2.75, 3.05) is 0 Å². The molecule has 0 aromatic carbocycles. The molecule has 3 heteroatoms. The first-order chi connectivity index (χ1) is 6.38. The van der Waals surface area contributed by atoms with Crippen molar-refractivity contribution in [3.63, 3.8) is 0 Å². The van der Waals surface area contributed by atoms with Gasteiger partial charge in [-0.25, -0.2) is 4.98 Å². The van der Waals surface area contributed by atoms with E-state index in [0.717, 1.165) is 18.6 Å². The molecule has 1 aromatic heterocycles. The average molecular weight is 174 g/mol. The molecule has 1 aliphatic rings. The lowest BCUT2D eigenvalue weighted by Gasteiger charge is -2.26. The highest BCUT2D eigenvalue weighted by atomic mass is 16.5. The summed E-state index contributed by atoms with van der Waals surface area (Å²) >= 11 is 0. The molecule has 1 saturated carbocycles. The summed E-state index contributed by atoms with van der Waals surface area (Å²) in [6, 6.07) is 5.46. The van der Waals surface area contributed by atoms with Crippen LogP contribution < -0.4 is 4.74 Å². The van der Waals surface area contributed by atoms with Gasteiger partial charge in [-0.1, -0.05) is 0 Å². The van der Waals surface area contributed by atoms with Crippen LogP contribution in [0.15, 0.2) is 18.3 Å². The van der Waals surface area contributed by atoms with Gasteiger partial charge in [0.25, 0.3) is 0 Å². The number of hydrogen-bond acceptors (Lipinski definition) is 3. The third kappa shape index (κ3) is 1.78. The monoisotopic (exact) mass is 174 g/mol. The van der Waals surface area contributed by atoms with Gasteiger partial charge in [-0.3, -0.25) is 0 Å². The summed E-state index contributed by atoms with van der Waals surface area (Å²) in [4.78, 5) is 3.87. The molecule has 2 rings (SSSR count). The van der Waals surface area contributed by atoms with Crippen LogP contribution in [-0.4, -0.2) is 11.1 Å². The molecule has 13 heavy (non-hydrogen) atoms. The van der Waals surface area contributed by atoms with Crippen LogP contribution in [0.25, 0.3) is 0 Å². The molecule has 1 aliphatic carbocycles. The molecule has 0 spiro atoms. The molecule has 0 amide bonds. The van der Waals surface area contributed by atoms with Crippen molar-refractivity contribution in [1.82, 2.24) is 4.98 Å². The van der Waals surface area contributed by atoms with Gasteiger partial charge in [-0.2, -0.15) is 5.26 Å². The van der Waals surface area contributed by atoms with Crippen LogP contribution in [0.1, 0.15) is 25.0 Å². The van der Waals surface area contributed by atoms with Crippen LogP contribution in [0.5, 0.6) is 5.75 Å². The van der Waals surface area contributed by atoms with Gasteiger partial charge >= 0.3 is 0 Å². The van der Waals surface area contributed by atoms with Gasteiger partial charge in [0, 0.05) is 12.3 Å². The second kappa shape index (κ2) is 3.44. The first kappa shape index (κ1) is 8.06. The molecule has 0 saturated heterocycles. The summed E-state index contributed by atoms with van der Waals surface area (Å²) in [6.45, 7) is 0. The first-order valence-corrected chi connectivity index (χ1v) is 4.41. The van der Waals surface area contributed by atoms with Crippen LogP contribution in [0, 0.1) is 11.3 Å². The number of aromatic nitrogens is 1. The highest BCUT2D eigenvalue weighted by molar-refractivity contribution is 5.29. The van der Waals surface area contributed by atoms with Crippen LogP contribution >= 0.6 is 0 Å². The largest absolute Gasteiger partial charge is 0.490 e. The molecule has 3 nitrogen and oxygen atoms in total. The molecular weight excluding hydrogens is 164 g/mol. The van der Waals surface area contributed by atoms with Crippen molar-refractivity contribution in [2.24, 2.45) is 0 Å². The van der Waals surface area contributed by atoms with Crippen molar-refractivity contribution in [3.05, 3.63) is 24.0 Å². The van der Waals surface area contributed by atoms with Crippen LogP contribution in [0.3, 0.4) is 0 Å². The number of nitrogens with zero attached hydrogens (tertiary/aromatic N) is 2. The van der Waals surface area contributed by atoms with Crippen molar-refractivity contribution < 1.29 is 4.74 Å². The normalized spacial score (nSPS) is 15.9. The molecule has 0 N–H and O–H groups in total. The Labute approximate surface area is 77.0 Å². The number of hydrogen-bond donors (Lipinski definition) is 0. The molecule has 1 aromatic rings. The van der Waals surface area contributed by atoms with Crippen LogP contribution in [0.4, 0.5) is 0 Å². The van der Waals surface area contributed by atoms with Gasteiger partial charge in [0.1, 0.15) is 17.5 Å². The standard InChI is InChI=1S/C10H10N2O/c11-7-8-6-10(4-5-12-8)13-9-2-1-3-9/h4-6,9H,1-3H2. The lowest BCUT2D eigenvalue weighted by molar-refractivity contribution is 0.120. The molecule has 66 valence electrons. The Bertz CT molecular complexity index is 339. The SMILES string of the molecule is N#Cc1cc(OC2CCC2)ccn1. The van der Waals surface area contributed by atoms with Gasteiger partial charge in [-0.05, 0) is 25.3 Å². The molecular formula is C10H10N2O. The Morgan fingerprint density at radius 2 is 2.38 bits per heavy atom. The smallest absolute Gasteiger partial charge is 0.144 e. The third-order valence-electron chi connectivity index (χ3n) is 2.20. The minimum atomic E-state index is 0.356. The number of rotatable bonds is 2. The van der Waals surface area contributed by atoms with E-state index in [4.69, 9.17) is 10.00 Å². The Hall–Kier alpha value is -1.56. The van der Waals surface area contributed by atoms with E-state index in [9.17, 15) is 0 Å². The lowest BCUT2D eigenvalue weighted by atomic mass is 9.96. The summed E-state index contributed by atoms with van der Waals surface area (Å²) in [5.74, 6) is 0.760. The minimum Gasteiger partial charge on any atom is -0.490 e. The fourth-order valence-electron chi connectivity index (χ4n) is 1.23. The summed E-state index contributed by atoms with van der Waals surface area (Å²) in [6.07, 6.45) is 5.47. The van der Waals surface area contributed by atoms with E-state index in [1.807, 2.05) is 6.07 Å². The lowest BCUT2D eigenvalue weighted by Crippen LogP contribution is -2.24. The number of ether oxygens (including phenoxy) is 1. The van der Waals surface area contributed by atoms with E-state index in [1.54, 1.807) is 18.3 Å². The quantitative estimate of drug-likeness (QED) is 0.687. The zero-order valence-electron chi connectivity index (χ0n) is 7.23. The van der Waals surface area contributed by atoms with E-state index in [-0.39, 0.29) is 0 Å². The molecule has 1 heterocycles. The predicted molar refractivity (Wildman–Crippen MR) is 47.2 cm³/mol. The Morgan fingerprint density at radius 1 is 1.54 bits per heavy atom. The van der Waals surface area contributed by atoms with Crippen molar-refractivity contribution in [2.45, 2.75) is 25.4 Å². The molecule has 0 aliphatic heterocycles. The highest BCUT2D eigenvalue weighted by Gasteiger charge is 2.18. The zero-order valence-corrected chi connectivity index (χ0v) is 7.23. The summed E-state index contributed by atoms with van der Waals surface area (Å²) in [7, 11) is 0. The fourth-order valence-corrected chi connectivity index (χ4v) is 1.23. The maximum Gasteiger partial charge on any atom is 0.144 e. The van der Waals surface area contributed by atoms with Crippen molar-refractivity contribution in [3.8, 4) is 11.8 Å². The highest BCUT2D eigenvalue weighted by Crippen LogP contribution is 2.24. The van der Waals surface area contributed by atoms with Gasteiger partial charge in [0.15, 0.2) is 0 Å². The van der Waals surface area contributed by atoms with Crippen molar-refractivity contribution in [1.29, 1.82) is 5.26 Å². The maximum absolute atomic E-state index is 8.60. The molecule has 0 bridgehead atoms. The molecule has 1 fully saturated rings. The van der Waals surface area contributed by atoms with Crippen LogP contribution in [0.2, 0.25) is 0 Å². The fraction of sp³-hybridized carbons (Fsp3) is 0.400. The second-order valence-corrected chi connectivity index (χ2v) is 3.16. The maximum atomic E-state index is 8.60. The Kier molecular flexibility index (Phi) is 2.13.